The van der Waals surface area contributed by atoms with Gasteiger partial charge in [-0.2, -0.15) is 5.10 Å². The molecule has 0 amide bonds. The van der Waals surface area contributed by atoms with Crippen LogP contribution < -0.4 is 5.32 Å². The van der Waals surface area contributed by atoms with Crippen LogP contribution in [-0.2, 0) is 13.0 Å². The number of hydrogen-bond acceptors (Lipinski definition) is 2. The molecule has 1 unspecified atom stereocenters. The monoisotopic (exact) mass is 237 g/mol. The van der Waals surface area contributed by atoms with Gasteiger partial charge in [-0.1, -0.05) is 20.8 Å². The molecule has 3 heteroatoms. The van der Waals surface area contributed by atoms with Gasteiger partial charge in [-0.15, -0.1) is 0 Å². The van der Waals surface area contributed by atoms with Crippen molar-refractivity contribution < 1.29 is 0 Å². The summed E-state index contributed by atoms with van der Waals surface area (Å²) in [6.07, 6.45) is 3.45. The van der Waals surface area contributed by atoms with Gasteiger partial charge in [-0.05, 0) is 45.2 Å². The zero-order valence-electron chi connectivity index (χ0n) is 12.0. The third kappa shape index (κ3) is 3.84. The number of rotatable bonds is 7. The molecule has 98 valence electrons. The van der Waals surface area contributed by atoms with Crippen molar-refractivity contribution in [2.24, 2.45) is 5.92 Å². The molecule has 1 atom stereocenters. The van der Waals surface area contributed by atoms with E-state index < -0.39 is 0 Å². The first-order chi connectivity index (χ1) is 8.12. The predicted octanol–water partition coefficient (Wildman–Crippen LogP) is 3.16. The van der Waals surface area contributed by atoms with Crippen LogP contribution in [0.1, 0.15) is 58.0 Å². The molecule has 0 aromatic carbocycles. The van der Waals surface area contributed by atoms with Gasteiger partial charge < -0.3 is 5.32 Å². The molecule has 0 aliphatic heterocycles. The lowest BCUT2D eigenvalue weighted by Gasteiger charge is -2.18. The molecule has 0 bridgehead atoms. The summed E-state index contributed by atoms with van der Waals surface area (Å²) in [5, 5.41) is 8.04. The molecule has 0 radical (unpaired) electrons. The highest BCUT2D eigenvalue weighted by molar-refractivity contribution is 5.14. The first-order valence-electron chi connectivity index (χ1n) is 6.86. The van der Waals surface area contributed by atoms with E-state index in [9.17, 15) is 0 Å². The average molecular weight is 237 g/mol. The Kier molecular flexibility index (Phi) is 5.69. The zero-order valence-corrected chi connectivity index (χ0v) is 12.0. The van der Waals surface area contributed by atoms with Gasteiger partial charge in [0.2, 0.25) is 0 Å². The lowest BCUT2D eigenvalue weighted by atomic mass is 10.0. The summed E-state index contributed by atoms with van der Waals surface area (Å²) in [5.41, 5.74) is 2.54. The Bertz CT molecular complexity index is 328. The van der Waals surface area contributed by atoms with Crippen molar-refractivity contribution in [1.82, 2.24) is 15.1 Å². The Morgan fingerprint density at radius 2 is 2.00 bits per heavy atom. The number of aryl methyl sites for hydroxylation is 2. The third-order valence-corrected chi connectivity index (χ3v) is 3.26. The van der Waals surface area contributed by atoms with E-state index >= 15 is 0 Å². The van der Waals surface area contributed by atoms with Crippen LogP contribution in [0, 0.1) is 5.92 Å². The van der Waals surface area contributed by atoms with Crippen LogP contribution in [0.15, 0.2) is 6.07 Å². The van der Waals surface area contributed by atoms with Gasteiger partial charge >= 0.3 is 0 Å². The Morgan fingerprint density at radius 3 is 2.47 bits per heavy atom. The van der Waals surface area contributed by atoms with Gasteiger partial charge in [0, 0.05) is 12.6 Å². The van der Waals surface area contributed by atoms with E-state index in [-0.39, 0.29) is 0 Å². The molecule has 0 saturated carbocycles. The summed E-state index contributed by atoms with van der Waals surface area (Å²) in [5.74, 6) is 0.759. The van der Waals surface area contributed by atoms with E-state index in [0.29, 0.717) is 6.04 Å². The third-order valence-electron chi connectivity index (χ3n) is 3.26. The largest absolute Gasteiger partial charge is 0.312 e. The van der Waals surface area contributed by atoms with Gasteiger partial charge in [-0.3, -0.25) is 4.68 Å². The minimum absolute atomic E-state index is 0.435. The molecule has 3 nitrogen and oxygen atoms in total. The van der Waals surface area contributed by atoms with Gasteiger partial charge in [0.15, 0.2) is 0 Å². The van der Waals surface area contributed by atoms with E-state index in [2.05, 4.69) is 48.9 Å². The maximum absolute atomic E-state index is 4.62. The quantitative estimate of drug-likeness (QED) is 0.789. The van der Waals surface area contributed by atoms with Crippen molar-refractivity contribution in [3.8, 4) is 0 Å². The molecule has 1 aromatic rings. The lowest BCUT2D eigenvalue weighted by molar-refractivity contribution is 0.437. The summed E-state index contributed by atoms with van der Waals surface area (Å²) >= 11 is 0. The van der Waals surface area contributed by atoms with Gasteiger partial charge in [0.05, 0.1) is 11.4 Å². The van der Waals surface area contributed by atoms with E-state index in [1.165, 1.54) is 24.2 Å². The van der Waals surface area contributed by atoms with Crippen molar-refractivity contribution in [3.05, 3.63) is 17.5 Å². The zero-order chi connectivity index (χ0) is 12.8. The molecule has 0 saturated heterocycles. The van der Waals surface area contributed by atoms with Crippen LogP contribution in [0.3, 0.4) is 0 Å². The van der Waals surface area contributed by atoms with Crippen molar-refractivity contribution in [2.45, 2.75) is 59.5 Å². The van der Waals surface area contributed by atoms with Crippen LogP contribution in [0.2, 0.25) is 0 Å². The highest BCUT2D eigenvalue weighted by atomic mass is 15.3. The van der Waals surface area contributed by atoms with Crippen molar-refractivity contribution in [1.29, 1.82) is 0 Å². The Balaban J connectivity index is 2.82. The number of hydrogen-bond donors (Lipinski definition) is 1. The van der Waals surface area contributed by atoms with Crippen LogP contribution in [-0.4, -0.2) is 16.8 Å². The maximum Gasteiger partial charge on any atom is 0.0625 e. The number of aromatic nitrogens is 2. The van der Waals surface area contributed by atoms with E-state index in [0.717, 1.165) is 18.9 Å². The number of nitrogens with one attached hydrogen (secondary N) is 1. The van der Waals surface area contributed by atoms with Crippen molar-refractivity contribution in [2.75, 3.05) is 7.05 Å². The van der Waals surface area contributed by atoms with E-state index in [1.54, 1.807) is 0 Å². The van der Waals surface area contributed by atoms with Crippen molar-refractivity contribution >= 4 is 0 Å². The molecule has 0 aliphatic rings. The fourth-order valence-electron chi connectivity index (χ4n) is 2.13. The van der Waals surface area contributed by atoms with E-state index in [1.807, 2.05) is 7.05 Å². The molecule has 1 aromatic heterocycles. The molecular weight excluding hydrogens is 210 g/mol. The minimum atomic E-state index is 0.435. The fraction of sp³-hybridized carbons (Fsp3) is 0.786. The first kappa shape index (κ1) is 14.2. The molecule has 0 aliphatic carbocycles. The number of nitrogens with zero attached hydrogens (tertiary/aromatic N) is 2. The second-order valence-electron chi connectivity index (χ2n) is 5.04. The van der Waals surface area contributed by atoms with Crippen LogP contribution in [0.25, 0.3) is 0 Å². The standard InChI is InChI=1S/C14H27N3/c1-6-12-10-14(17(7-2)16-12)13(15-5)9-8-11(3)4/h10-11,13,15H,6-9H2,1-5H3. The Labute approximate surface area is 106 Å². The topological polar surface area (TPSA) is 29.9 Å². The Morgan fingerprint density at radius 1 is 1.29 bits per heavy atom. The molecule has 17 heavy (non-hydrogen) atoms. The second kappa shape index (κ2) is 6.80. The SMILES string of the molecule is CCc1cc(C(CCC(C)C)NC)n(CC)n1. The van der Waals surface area contributed by atoms with E-state index in [4.69, 9.17) is 0 Å². The smallest absolute Gasteiger partial charge is 0.0625 e. The Hall–Kier alpha value is -0.830. The summed E-state index contributed by atoms with van der Waals surface area (Å²) in [7, 11) is 2.05. The van der Waals surface area contributed by atoms with Crippen LogP contribution >= 0.6 is 0 Å². The summed E-state index contributed by atoms with van der Waals surface area (Å²) in [6.45, 7) is 9.83. The van der Waals surface area contributed by atoms with Crippen LogP contribution in [0.4, 0.5) is 0 Å². The fourth-order valence-corrected chi connectivity index (χ4v) is 2.13. The molecule has 1 N–H and O–H groups in total. The molecule has 1 rings (SSSR count). The molecule has 1 heterocycles. The second-order valence-corrected chi connectivity index (χ2v) is 5.04. The van der Waals surface area contributed by atoms with Gasteiger partial charge in [0.25, 0.3) is 0 Å². The van der Waals surface area contributed by atoms with Gasteiger partial charge in [0.1, 0.15) is 0 Å². The maximum atomic E-state index is 4.62. The highest BCUT2D eigenvalue weighted by Gasteiger charge is 2.16. The van der Waals surface area contributed by atoms with Gasteiger partial charge in [-0.25, -0.2) is 0 Å². The molecule has 0 spiro atoms. The summed E-state index contributed by atoms with van der Waals surface area (Å²) in [4.78, 5) is 0. The minimum Gasteiger partial charge on any atom is -0.312 e. The molecule has 0 fully saturated rings. The highest BCUT2D eigenvalue weighted by Crippen LogP contribution is 2.21. The first-order valence-corrected chi connectivity index (χ1v) is 6.86. The predicted molar refractivity (Wildman–Crippen MR) is 73.2 cm³/mol. The molecular formula is C14H27N3. The average Bonchev–Trinajstić information content (AvgIpc) is 2.73. The summed E-state index contributed by atoms with van der Waals surface area (Å²) in [6, 6.07) is 2.69. The summed E-state index contributed by atoms with van der Waals surface area (Å²) < 4.78 is 2.14. The van der Waals surface area contributed by atoms with Crippen LogP contribution in [0.5, 0.6) is 0 Å². The van der Waals surface area contributed by atoms with Crippen molar-refractivity contribution in [3.63, 3.8) is 0 Å². The lowest BCUT2D eigenvalue weighted by Crippen LogP contribution is -2.20. The normalized spacial score (nSPS) is 13.3.